The zero-order valence-electron chi connectivity index (χ0n) is 14.3. The Balaban J connectivity index is 1.72. The lowest BCUT2D eigenvalue weighted by atomic mass is 10.2. The van der Waals surface area contributed by atoms with Gasteiger partial charge in [-0.05, 0) is 38.1 Å². The number of hydrogen-bond acceptors (Lipinski definition) is 5. The molecule has 1 aromatic heterocycles. The number of benzene rings is 1. The molecule has 2 heterocycles. The summed E-state index contributed by atoms with van der Waals surface area (Å²) in [7, 11) is 3.02. The lowest BCUT2D eigenvalue weighted by Crippen LogP contribution is -2.18. The molecule has 0 radical (unpaired) electrons. The number of amides is 1. The average molecular weight is 365 g/mol. The fraction of sp³-hybridized carbons (Fsp3) is 0.389. The van der Waals surface area contributed by atoms with Gasteiger partial charge in [0.1, 0.15) is 17.3 Å². The summed E-state index contributed by atoms with van der Waals surface area (Å²) in [5.41, 5.74) is 0.464. The van der Waals surface area contributed by atoms with E-state index in [2.05, 4.69) is 10.2 Å². The van der Waals surface area contributed by atoms with Crippen LogP contribution in [0.2, 0.25) is 5.02 Å². The van der Waals surface area contributed by atoms with Crippen LogP contribution in [0.4, 0.5) is 5.69 Å². The molecule has 0 spiro atoms. The Morgan fingerprint density at radius 2 is 1.92 bits per heavy atom. The van der Waals surface area contributed by atoms with Crippen molar-refractivity contribution in [3.8, 4) is 11.5 Å². The lowest BCUT2D eigenvalue weighted by Gasteiger charge is -2.13. The number of furan rings is 1. The first-order chi connectivity index (χ1) is 12.1. The predicted molar refractivity (Wildman–Crippen MR) is 95.7 cm³/mol. The van der Waals surface area contributed by atoms with E-state index in [1.54, 1.807) is 18.2 Å². The van der Waals surface area contributed by atoms with Gasteiger partial charge in [-0.15, -0.1) is 0 Å². The number of halogens is 1. The molecule has 1 aliphatic heterocycles. The van der Waals surface area contributed by atoms with Gasteiger partial charge >= 0.3 is 0 Å². The summed E-state index contributed by atoms with van der Waals surface area (Å²) in [5, 5.41) is 3.18. The Labute approximate surface area is 151 Å². The molecule has 0 bridgehead atoms. The van der Waals surface area contributed by atoms with E-state index in [-0.39, 0.29) is 11.7 Å². The Morgan fingerprint density at radius 1 is 1.20 bits per heavy atom. The molecule has 6 nitrogen and oxygen atoms in total. The van der Waals surface area contributed by atoms with Crippen LogP contribution in [0.15, 0.2) is 28.7 Å². The normalized spacial score (nSPS) is 14.5. The SMILES string of the molecule is COc1cc(NC(=O)c2ccc(CN3CCCC3)o2)c(OC)cc1Cl. The van der Waals surface area contributed by atoms with E-state index in [0.29, 0.717) is 22.2 Å². The maximum atomic E-state index is 12.5. The molecule has 7 heteroatoms. The largest absolute Gasteiger partial charge is 0.495 e. The molecule has 0 aliphatic carbocycles. The van der Waals surface area contributed by atoms with E-state index in [1.807, 2.05) is 6.07 Å². The highest BCUT2D eigenvalue weighted by atomic mass is 35.5. The third kappa shape index (κ3) is 4.08. The molecule has 3 rings (SSSR count). The Hall–Kier alpha value is -2.18. The Morgan fingerprint density at radius 3 is 2.60 bits per heavy atom. The summed E-state index contributed by atoms with van der Waals surface area (Å²) < 4.78 is 16.1. The first-order valence-corrected chi connectivity index (χ1v) is 8.52. The van der Waals surface area contributed by atoms with Gasteiger partial charge in [-0.25, -0.2) is 0 Å². The molecule has 1 aliphatic rings. The summed E-state index contributed by atoms with van der Waals surface area (Å²) in [6.07, 6.45) is 2.43. The number of likely N-dealkylation sites (tertiary alicyclic amines) is 1. The quantitative estimate of drug-likeness (QED) is 0.844. The summed E-state index contributed by atoms with van der Waals surface area (Å²) >= 11 is 6.08. The van der Waals surface area contributed by atoms with Gasteiger partial charge < -0.3 is 19.2 Å². The first kappa shape index (κ1) is 17.6. The third-order valence-electron chi connectivity index (χ3n) is 4.19. The fourth-order valence-corrected chi connectivity index (χ4v) is 3.12. The molecule has 0 saturated carbocycles. The molecule has 0 atom stereocenters. The molecular formula is C18H21ClN2O4. The van der Waals surface area contributed by atoms with E-state index in [0.717, 1.165) is 25.4 Å². The van der Waals surface area contributed by atoms with Crippen molar-refractivity contribution < 1.29 is 18.7 Å². The third-order valence-corrected chi connectivity index (χ3v) is 4.48. The van der Waals surface area contributed by atoms with Crippen molar-refractivity contribution in [2.45, 2.75) is 19.4 Å². The number of carbonyl (C=O) groups excluding carboxylic acids is 1. The summed E-state index contributed by atoms with van der Waals surface area (Å²) in [4.78, 5) is 14.8. The number of nitrogens with one attached hydrogen (secondary N) is 1. The van der Waals surface area contributed by atoms with Gasteiger partial charge in [0.2, 0.25) is 0 Å². The van der Waals surface area contributed by atoms with Crippen molar-refractivity contribution >= 4 is 23.2 Å². The van der Waals surface area contributed by atoms with Crippen LogP contribution in [0.1, 0.15) is 29.2 Å². The number of nitrogens with zero attached hydrogens (tertiary/aromatic N) is 1. The van der Waals surface area contributed by atoms with Gasteiger partial charge in [-0.1, -0.05) is 11.6 Å². The van der Waals surface area contributed by atoms with E-state index in [4.69, 9.17) is 25.5 Å². The number of ether oxygens (including phenoxy) is 2. The minimum Gasteiger partial charge on any atom is -0.495 e. The maximum Gasteiger partial charge on any atom is 0.291 e. The van der Waals surface area contributed by atoms with Crippen molar-refractivity contribution in [2.75, 3.05) is 32.6 Å². The Kier molecular flexibility index (Phi) is 5.50. The number of rotatable bonds is 6. The van der Waals surface area contributed by atoms with Crippen LogP contribution in [-0.4, -0.2) is 38.1 Å². The zero-order valence-corrected chi connectivity index (χ0v) is 15.1. The predicted octanol–water partition coefficient (Wildman–Crippen LogP) is 3.80. The second-order valence-electron chi connectivity index (χ2n) is 5.89. The minimum absolute atomic E-state index is 0.255. The molecule has 134 valence electrons. The van der Waals surface area contributed by atoms with Gasteiger partial charge in [0.05, 0.1) is 31.5 Å². The fourth-order valence-electron chi connectivity index (χ4n) is 2.89. The van der Waals surface area contributed by atoms with Crippen molar-refractivity contribution in [1.82, 2.24) is 4.90 Å². The van der Waals surface area contributed by atoms with Crippen LogP contribution in [0.3, 0.4) is 0 Å². The summed E-state index contributed by atoms with van der Waals surface area (Å²) in [6, 6.07) is 6.73. The molecule has 1 saturated heterocycles. The molecule has 1 aromatic carbocycles. The van der Waals surface area contributed by atoms with Crippen LogP contribution in [0.5, 0.6) is 11.5 Å². The molecule has 1 amide bonds. The smallest absolute Gasteiger partial charge is 0.291 e. The van der Waals surface area contributed by atoms with Crippen LogP contribution >= 0.6 is 11.6 Å². The van der Waals surface area contributed by atoms with Crippen LogP contribution in [-0.2, 0) is 6.54 Å². The number of anilines is 1. The van der Waals surface area contributed by atoms with E-state index in [1.165, 1.54) is 27.1 Å². The zero-order chi connectivity index (χ0) is 17.8. The lowest BCUT2D eigenvalue weighted by molar-refractivity contribution is 0.0993. The highest BCUT2D eigenvalue weighted by molar-refractivity contribution is 6.32. The molecule has 1 fully saturated rings. The number of carbonyl (C=O) groups is 1. The topological polar surface area (TPSA) is 63.9 Å². The van der Waals surface area contributed by atoms with Gasteiger partial charge in [0.25, 0.3) is 5.91 Å². The standard InChI is InChI=1S/C18H21ClN2O4/c1-23-16-10-14(17(24-2)9-13(16)19)20-18(22)15-6-5-12(25-15)11-21-7-3-4-8-21/h5-6,9-10H,3-4,7-8,11H2,1-2H3,(H,20,22). The molecule has 25 heavy (non-hydrogen) atoms. The van der Waals surface area contributed by atoms with Crippen LogP contribution in [0.25, 0.3) is 0 Å². The summed E-state index contributed by atoms with van der Waals surface area (Å²) in [5.74, 6) is 1.59. The van der Waals surface area contributed by atoms with E-state index in [9.17, 15) is 4.79 Å². The van der Waals surface area contributed by atoms with Crippen LogP contribution in [0, 0.1) is 0 Å². The van der Waals surface area contributed by atoms with Crippen molar-refractivity contribution in [2.24, 2.45) is 0 Å². The molecule has 0 unspecified atom stereocenters. The molecule has 2 aromatic rings. The number of hydrogen-bond donors (Lipinski definition) is 1. The first-order valence-electron chi connectivity index (χ1n) is 8.14. The van der Waals surface area contributed by atoms with Gasteiger partial charge in [0, 0.05) is 12.1 Å². The van der Waals surface area contributed by atoms with Gasteiger partial charge in [-0.3, -0.25) is 9.69 Å². The van der Waals surface area contributed by atoms with Crippen molar-refractivity contribution in [1.29, 1.82) is 0 Å². The second kappa shape index (κ2) is 7.80. The monoisotopic (exact) mass is 364 g/mol. The average Bonchev–Trinajstić information content (AvgIpc) is 3.28. The van der Waals surface area contributed by atoms with Gasteiger partial charge in [-0.2, -0.15) is 0 Å². The Bertz CT molecular complexity index is 754. The molecule has 1 N–H and O–H groups in total. The van der Waals surface area contributed by atoms with Crippen molar-refractivity contribution in [3.05, 3.63) is 40.8 Å². The summed E-state index contributed by atoms with van der Waals surface area (Å²) in [6.45, 7) is 2.87. The number of methoxy groups -OCH3 is 2. The van der Waals surface area contributed by atoms with Gasteiger partial charge in [0.15, 0.2) is 5.76 Å². The molecular weight excluding hydrogens is 344 g/mol. The highest BCUT2D eigenvalue weighted by Gasteiger charge is 2.18. The van der Waals surface area contributed by atoms with Crippen LogP contribution < -0.4 is 14.8 Å². The van der Waals surface area contributed by atoms with Crippen molar-refractivity contribution in [3.63, 3.8) is 0 Å². The second-order valence-corrected chi connectivity index (χ2v) is 6.30. The maximum absolute atomic E-state index is 12.5. The van der Waals surface area contributed by atoms with E-state index >= 15 is 0 Å². The minimum atomic E-state index is -0.352. The van der Waals surface area contributed by atoms with E-state index < -0.39 is 0 Å². The highest BCUT2D eigenvalue weighted by Crippen LogP contribution is 2.36.